The highest BCUT2D eigenvalue weighted by Crippen LogP contribution is 2.21. The van der Waals surface area contributed by atoms with E-state index in [9.17, 15) is 13.6 Å². The van der Waals surface area contributed by atoms with E-state index in [2.05, 4.69) is 38.0 Å². The van der Waals surface area contributed by atoms with E-state index < -0.39 is 17.5 Å². The Hall–Kier alpha value is -2.72. The highest BCUT2D eigenvalue weighted by molar-refractivity contribution is 9.10. The minimum Gasteiger partial charge on any atom is -0.486 e. The van der Waals surface area contributed by atoms with Gasteiger partial charge in [0.25, 0.3) is 0 Å². The molecule has 3 rings (SSSR count). The van der Waals surface area contributed by atoms with Crippen molar-refractivity contribution >= 4 is 39.3 Å². The summed E-state index contributed by atoms with van der Waals surface area (Å²) >= 11 is 4.51. The van der Waals surface area contributed by atoms with Crippen LogP contribution in [0.5, 0.6) is 5.75 Å². The maximum Gasteiger partial charge on any atom is 0.234 e. The third kappa shape index (κ3) is 5.90. The lowest BCUT2D eigenvalue weighted by atomic mass is 10.3. The third-order valence-electron chi connectivity index (χ3n) is 3.82. The summed E-state index contributed by atoms with van der Waals surface area (Å²) in [6.45, 7) is 4.35. The standard InChI is InChI=1S/C20H17BrF2N4O2S/c1-2-9-27-18(11-29-15-6-3-13(21)4-7-15)25-26-20(27)30-12-19(28)24-17-8-5-14(22)10-16(17)23/h2-8,10H,1,9,11-12H2,(H,24,28). The fourth-order valence-electron chi connectivity index (χ4n) is 2.43. The van der Waals surface area contributed by atoms with E-state index in [1.807, 2.05) is 24.3 Å². The number of aromatic nitrogens is 3. The summed E-state index contributed by atoms with van der Waals surface area (Å²) in [7, 11) is 0. The van der Waals surface area contributed by atoms with Crippen LogP contribution < -0.4 is 10.1 Å². The smallest absolute Gasteiger partial charge is 0.234 e. The first kappa shape index (κ1) is 22.0. The van der Waals surface area contributed by atoms with E-state index in [0.29, 0.717) is 29.3 Å². The summed E-state index contributed by atoms with van der Waals surface area (Å²) < 4.78 is 35.1. The molecule has 30 heavy (non-hydrogen) atoms. The van der Waals surface area contributed by atoms with E-state index >= 15 is 0 Å². The Morgan fingerprint density at radius 2 is 2.00 bits per heavy atom. The van der Waals surface area contributed by atoms with Gasteiger partial charge in [0.2, 0.25) is 5.91 Å². The molecule has 0 saturated carbocycles. The van der Waals surface area contributed by atoms with Gasteiger partial charge in [0.15, 0.2) is 11.0 Å². The van der Waals surface area contributed by atoms with Crippen molar-refractivity contribution in [2.75, 3.05) is 11.1 Å². The highest BCUT2D eigenvalue weighted by atomic mass is 79.9. The van der Waals surface area contributed by atoms with Gasteiger partial charge in [0.05, 0.1) is 11.4 Å². The van der Waals surface area contributed by atoms with E-state index in [4.69, 9.17) is 4.74 Å². The molecule has 10 heteroatoms. The zero-order chi connectivity index (χ0) is 21.5. The zero-order valence-corrected chi connectivity index (χ0v) is 18.1. The number of thioether (sulfide) groups is 1. The monoisotopic (exact) mass is 494 g/mol. The molecule has 1 N–H and O–H groups in total. The number of anilines is 1. The highest BCUT2D eigenvalue weighted by Gasteiger charge is 2.15. The average Bonchev–Trinajstić information content (AvgIpc) is 3.10. The molecule has 1 amide bonds. The predicted molar refractivity (Wildman–Crippen MR) is 114 cm³/mol. The Morgan fingerprint density at radius 1 is 1.23 bits per heavy atom. The molecule has 0 aliphatic rings. The maximum atomic E-state index is 13.7. The molecule has 3 aromatic rings. The zero-order valence-electron chi connectivity index (χ0n) is 15.6. The molecular weight excluding hydrogens is 478 g/mol. The Kier molecular flexibility index (Phi) is 7.58. The van der Waals surface area contributed by atoms with Crippen LogP contribution in [0.15, 0.2) is 64.7 Å². The Morgan fingerprint density at radius 3 is 2.70 bits per heavy atom. The lowest BCUT2D eigenvalue weighted by Crippen LogP contribution is -2.16. The van der Waals surface area contributed by atoms with Crippen LogP contribution in [0.1, 0.15) is 5.82 Å². The summed E-state index contributed by atoms with van der Waals surface area (Å²) in [6, 6.07) is 10.3. The van der Waals surface area contributed by atoms with E-state index in [-0.39, 0.29) is 18.0 Å². The number of allylic oxidation sites excluding steroid dienone is 1. The summed E-state index contributed by atoms with van der Waals surface area (Å²) in [5.41, 5.74) is -0.0851. The minimum absolute atomic E-state index is 0.0281. The normalized spacial score (nSPS) is 10.6. The summed E-state index contributed by atoms with van der Waals surface area (Å²) in [4.78, 5) is 12.1. The molecule has 1 heterocycles. The van der Waals surface area contributed by atoms with Crippen molar-refractivity contribution in [3.8, 4) is 5.75 Å². The molecule has 156 valence electrons. The molecule has 0 saturated heterocycles. The average molecular weight is 495 g/mol. The first-order chi connectivity index (χ1) is 14.5. The van der Waals surface area contributed by atoms with Crippen LogP contribution in [0.25, 0.3) is 0 Å². The number of halogens is 3. The first-order valence-corrected chi connectivity index (χ1v) is 10.5. The molecule has 0 atom stereocenters. The number of ether oxygens (including phenoxy) is 1. The Bertz CT molecular complexity index is 1040. The van der Waals surface area contributed by atoms with Crippen molar-refractivity contribution in [2.45, 2.75) is 18.3 Å². The molecule has 1 aromatic heterocycles. The molecule has 0 spiro atoms. The van der Waals surface area contributed by atoms with Crippen molar-refractivity contribution in [3.05, 3.63) is 77.1 Å². The number of carbonyl (C=O) groups excluding carboxylic acids is 1. The van der Waals surface area contributed by atoms with Crippen molar-refractivity contribution < 1.29 is 18.3 Å². The second-order valence-corrected chi connectivity index (χ2v) is 7.86. The molecular formula is C20H17BrF2N4O2S. The topological polar surface area (TPSA) is 69.0 Å². The molecule has 6 nitrogen and oxygen atoms in total. The van der Waals surface area contributed by atoms with Gasteiger partial charge >= 0.3 is 0 Å². The van der Waals surface area contributed by atoms with E-state index in [1.54, 1.807) is 10.6 Å². The second kappa shape index (κ2) is 10.4. The lowest BCUT2D eigenvalue weighted by molar-refractivity contribution is -0.113. The fraction of sp³-hybridized carbons (Fsp3) is 0.150. The number of benzene rings is 2. The van der Waals surface area contributed by atoms with Gasteiger partial charge in [-0.1, -0.05) is 33.8 Å². The van der Waals surface area contributed by atoms with Crippen molar-refractivity contribution in [3.63, 3.8) is 0 Å². The van der Waals surface area contributed by atoms with Crippen LogP contribution in [-0.4, -0.2) is 26.4 Å². The van der Waals surface area contributed by atoms with E-state index in [1.165, 1.54) is 6.07 Å². The SMILES string of the molecule is C=CCn1c(COc2ccc(Br)cc2)nnc1SCC(=O)Nc1ccc(F)cc1F. The molecule has 0 bridgehead atoms. The lowest BCUT2D eigenvalue weighted by Gasteiger charge is -2.09. The van der Waals surface area contributed by atoms with Gasteiger partial charge in [-0.3, -0.25) is 9.36 Å². The van der Waals surface area contributed by atoms with Crippen LogP contribution in [0.2, 0.25) is 0 Å². The maximum absolute atomic E-state index is 13.7. The van der Waals surface area contributed by atoms with Gasteiger partial charge in [-0.2, -0.15) is 0 Å². The van der Waals surface area contributed by atoms with Gasteiger partial charge < -0.3 is 10.1 Å². The predicted octanol–water partition coefficient (Wildman–Crippen LogP) is 4.81. The van der Waals surface area contributed by atoms with Gasteiger partial charge in [0.1, 0.15) is 24.0 Å². The first-order valence-electron chi connectivity index (χ1n) is 8.75. The van der Waals surface area contributed by atoms with Crippen molar-refractivity contribution in [1.29, 1.82) is 0 Å². The second-order valence-electron chi connectivity index (χ2n) is 6.00. The number of nitrogens with one attached hydrogen (secondary N) is 1. The van der Waals surface area contributed by atoms with Gasteiger partial charge in [-0.15, -0.1) is 16.8 Å². The molecule has 0 radical (unpaired) electrons. The van der Waals surface area contributed by atoms with Crippen LogP contribution in [-0.2, 0) is 17.9 Å². The molecule has 0 aliphatic carbocycles. The van der Waals surface area contributed by atoms with Crippen molar-refractivity contribution in [1.82, 2.24) is 14.8 Å². The largest absolute Gasteiger partial charge is 0.486 e. The third-order valence-corrected chi connectivity index (χ3v) is 5.32. The Labute approximate surface area is 184 Å². The number of hydrogen-bond acceptors (Lipinski definition) is 5. The Balaban J connectivity index is 1.61. The number of nitrogens with zero attached hydrogens (tertiary/aromatic N) is 3. The number of carbonyl (C=O) groups is 1. The van der Waals surface area contributed by atoms with Gasteiger partial charge in [0, 0.05) is 17.1 Å². The number of amides is 1. The quantitative estimate of drug-likeness (QED) is 0.341. The molecule has 0 unspecified atom stereocenters. The minimum atomic E-state index is -0.837. The van der Waals surface area contributed by atoms with Crippen LogP contribution >= 0.6 is 27.7 Å². The summed E-state index contributed by atoms with van der Waals surface area (Å²) in [5, 5.41) is 11.1. The van der Waals surface area contributed by atoms with Crippen LogP contribution in [0.3, 0.4) is 0 Å². The van der Waals surface area contributed by atoms with Crippen molar-refractivity contribution in [2.24, 2.45) is 0 Å². The number of hydrogen-bond donors (Lipinski definition) is 1. The molecule has 0 fully saturated rings. The fourth-order valence-corrected chi connectivity index (χ4v) is 3.46. The van der Waals surface area contributed by atoms with Crippen LogP contribution in [0.4, 0.5) is 14.5 Å². The van der Waals surface area contributed by atoms with Gasteiger partial charge in [-0.05, 0) is 36.4 Å². The van der Waals surface area contributed by atoms with Gasteiger partial charge in [-0.25, -0.2) is 8.78 Å². The van der Waals surface area contributed by atoms with E-state index in [0.717, 1.165) is 22.3 Å². The van der Waals surface area contributed by atoms with Crippen LogP contribution in [0, 0.1) is 11.6 Å². The number of rotatable bonds is 9. The summed E-state index contributed by atoms with van der Waals surface area (Å²) in [6.07, 6.45) is 1.69. The molecule has 2 aromatic carbocycles. The molecule has 0 aliphatic heterocycles. The summed E-state index contributed by atoms with van der Waals surface area (Å²) in [5.74, 6) is -0.775.